The van der Waals surface area contributed by atoms with Gasteiger partial charge in [0.05, 0.1) is 0 Å². The van der Waals surface area contributed by atoms with Crippen LogP contribution in [-0.2, 0) is 0 Å². The van der Waals surface area contributed by atoms with Gasteiger partial charge in [0.1, 0.15) is 0 Å². The van der Waals surface area contributed by atoms with E-state index in [0.717, 1.165) is 0 Å². The van der Waals surface area contributed by atoms with E-state index in [0.29, 0.717) is 0 Å². The molecule has 74 valence electrons. The molecule has 0 radical (unpaired) electrons. The van der Waals surface area contributed by atoms with Crippen molar-refractivity contribution in [3.8, 4) is 0 Å². The van der Waals surface area contributed by atoms with Gasteiger partial charge in [-0.05, 0) is 12.2 Å². The molecule has 2 heteroatoms. The average Bonchev–Trinajstić information content (AvgIpc) is 2.30. The van der Waals surface area contributed by atoms with Gasteiger partial charge >= 0.3 is 29.6 Å². The Labute approximate surface area is 115 Å². The van der Waals surface area contributed by atoms with Crippen molar-refractivity contribution >= 4 is 11.8 Å². The maximum atomic E-state index is 2.24. The van der Waals surface area contributed by atoms with Crippen molar-refractivity contribution < 1.29 is 29.6 Å². The number of thioether (sulfide) groups is 1. The van der Waals surface area contributed by atoms with Gasteiger partial charge in [0.25, 0.3) is 0 Å². The van der Waals surface area contributed by atoms with Gasteiger partial charge in [-0.15, -0.1) is 10.5 Å². The molecule has 0 aromatic heterocycles. The topological polar surface area (TPSA) is 0 Å². The van der Waals surface area contributed by atoms with Crippen molar-refractivity contribution in [1.29, 1.82) is 0 Å². The molecule has 0 saturated carbocycles. The van der Waals surface area contributed by atoms with E-state index in [1.807, 2.05) is 11.8 Å². The summed E-state index contributed by atoms with van der Waals surface area (Å²) in [6, 6.07) is 0. The molecule has 1 rings (SSSR count). The van der Waals surface area contributed by atoms with Crippen LogP contribution in [0.5, 0.6) is 0 Å². The monoisotopic (exact) mass is 218 g/mol. The molecule has 14 heavy (non-hydrogen) atoms. The molecule has 0 bridgehead atoms. The molecule has 0 saturated heterocycles. The van der Waals surface area contributed by atoms with E-state index in [1.165, 1.54) is 39.3 Å². The predicted molar refractivity (Wildman–Crippen MR) is 62.0 cm³/mol. The summed E-state index contributed by atoms with van der Waals surface area (Å²) in [6.07, 6.45) is 1.26. The van der Waals surface area contributed by atoms with Crippen LogP contribution in [0.2, 0.25) is 0 Å². The minimum atomic E-state index is 0. The third-order valence-electron chi connectivity index (χ3n) is 2.82. The Morgan fingerprint density at radius 1 is 1.14 bits per heavy atom. The molecule has 0 aliphatic carbocycles. The molecular formula is C12H19NaS. The Bertz CT molecular complexity index is 274. The molecule has 0 fully saturated rings. The number of hydrogen-bond donors (Lipinski definition) is 0. The molecule has 1 aromatic carbocycles. The molecule has 0 nitrogen and oxygen atoms in total. The summed E-state index contributed by atoms with van der Waals surface area (Å²) in [6.45, 7) is 11.2. The van der Waals surface area contributed by atoms with Crippen molar-refractivity contribution in [2.75, 3.05) is 5.75 Å². The van der Waals surface area contributed by atoms with Crippen LogP contribution in [0.25, 0.3) is 0 Å². The van der Waals surface area contributed by atoms with Crippen LogP contribution >= 0.6 is 11.8 Å². The molecule has 0 atom stereocenters. The minimum Gasteiger partial charge on any atom is -0.195 e. The van der Waals surface area contributed by atoms with Crippen LogP contribution in [0.3, 0.4) is 0 Å². The Kier molecular flexibility index (Phi) is 6.63. The van der Waals surface area contributed by atoms with Gasteiger partial charge in [-0.3, -0.25) is 0 Å². The fourth-order valence-corrected chi connectivity index (χ4v) is 2.75. The molecule has 0 amide bonds. The van der Waals surface area contributed by atoms with Gasteiger partial charge < -0.3 is 0 Å². The quantitative estimate of drug-likeness (QED) is 0.416. The van der Waals surface area contributed by atoms with Crippen molar-refractivity contribution in [2.45, 2.75) is 45.9 Å². The molecule has 0 aliphatic rings. The standard InChI is InChI=1S/C12H19S.Na/c1-6-7-13-12-10(4)8(2)9(3)11(12)5;/h6-7H2,1-5H3;/q-1;+1. The van der Waals surface area contributed by atoms with Crippen LogP contribution in [0.1, 0.15) is 35.6 Å². The fourth-order valence-electron chi connectivity index (χ4n) is 1.60. The second kappa shape index (κ2) is 6.32. The Hall–Kier alpha value is 0.700. The van der Waals surface area contributed by atoms with E-state index in [-0.39, 0.29) is 29.6 Å². The summed E-state index contributed by atoms with van der Waals surface area (Å²) in [4.78, 5) is 1.52. The van der Waals surface area contributed by atoms with Crippen molar-refractivity contribution in [3.05, 3.63) is 22.3 Å². The number of rotatable bonds is 3. The van der Waals surface area contributed by atoms with E-state index >= 15 is 0 Å². The molecule has 0 aliphatic heterocycles. The smallest absolute Gasteiger partial charge is 0.195 e. The van der Waals surface area contributed by atoms with Crippen LogP contribution < -0.4 is 29.6 Å². The average molecular weight is 218 g/mol. The van der Waals surface area contributed by atoms with Gasteiger partial charge in [-0.2, -0.15) is 28.5 Å². The van der Waals surface area contributed by atoms with E-state index in [4.69, 9.17) is 0 Å². The van der Waals surface area contributed by atoms with Crippen LogP contribution in [0, 0.1) is 27.7 Å². The molecule has 0 unspecified atom stereocenters. The summed E-state index contributed by atoms with van der Waals surface area (Å²) in [7, 11) is 0. The zero-order chi connectivity index (χ0) is 10.0. The van der Waals surface area contributed by atoms with Crippen LogP contribution in [-0.4, -0.2) is 5.75 Å². The Morgan fingerprint density at radius 3 is 2.07 bits per heavy atom. The maximum Gasteiger partial charge on any atom is 1.00 e. The second-order valence-corrected chi connectivity index (χ2v) is 4.78. The van der Waals surface area contributed by atoms with Crippen LogP contribution in [0.4, 0.5) is 0 Å². The first kappa shape index (κ1) is 14.7. The maximum absolute atomic E-state index is 2.24. The molecule has 0 heterocycles. The van der Waals surface area contributed by atoms with Gasteiger partial charge in [-0.1, -0.05) is 34.6 Å². The first-order valence-corrected chi connectivity index (χ1v) is 5.94. The van der Waals surface area contributed by atoms with Crippen molar-refractivity contribution in [1.82, 2.24) is 0 Å². The van der Waals surface area contributed by atoms with Gasteiger partial charge in [0.15, 0.2) is 0 Å². The molecular weight excluding hydrogens is 199 g/mol. The van der Waals surface area contributed by atoms with Crippen molar-refractivity contribution in [3.63, 3.8) is 0 Å². The largest absolute Gasteiger partial charge is 1.00 e. The normalized spacial score (nSPS) is 10.1. The van der Waals surface area contributed by atoms with Crippen molar-refractivity contribution in [2.24, 2.45) is 0 Å². The Balaban J connectivity index is 0.00000169. The molecule has 0 spiro atoms. The third-order valence-corrected chi connectivity index (χ3v) is 4.33. The zero-order valence-corrected chi connectivity index (χ0v) is 13.1. The fraction of sp³-hybridized carbons (Fsp3) is 0.583. The minimum absolute atomic E-state index is 0. The third kappa shape index (κ3) is 2.85. The van der Waals surface area contributed by atoms with E-state index in [9.17, 15) is 0 Å². The van der Waals surface area contributed by atoms with Gasteiger partial charge in [0, 0.05) is 0 Å². The first-order valence-electron chi connectivity index (χ1n) is 4.95. The number of hydrogen-bond acceptors (Lipinski definition) is 1. The van der Waals surface area contributed by atoms with E-state index < -0.39 is 0 Å². The van der Waals surface area contributed by atoms with Gasteiger partial charge in [0.2, 0.25) is 0 Å². The zero-order valence-electron chi connectivity index (χ0n) is 10.3. The first-order chi connectivity index (χ1) is 6.09. The summed E-state index contributed by atoms with van der Waals surface area (Å²) < 4.78 is 0. The van der Waals surface area contributed by atoms with E-state index in [1.54, 1.807) is 0 Å². The molecule has 0 N–H and O–H groups in total. The summed E-state index contributed by atoms with van der Waals surface area (Å²) in [5.41, 5.74) is 5.95. The Morgan fingerprint density at radius 2 is 1.71 bits per heavy atom. The summed E-state index contributed by atoms with van der Waals surface area (Å²) in [5.74, 6) is 1.24. The summed E-state index contributed by atoms with van der Waals surface area (Å²) >= 11 is 2.01. The predicted octanol–water partition coefficient (Wildman–Crippen LogP) is 1.15. The molecule has 1 aromatic rings. The second-order valence-electron chi connectivity index (χ2n) is 3.68. The van der Waals surface area contributed by atoms with E-state index in [2.05, 4.69) is 34.6 Å². The van der Waals surface area contributed by atoms with Gasteiger partial charge in [-0.25, -0.2) is 0 Å². The summed E-state index contributed by atoms with van der Waals surface area (Å²) in [5, 5.41) is 0. The van der Waals surface area contributed by atoms with Crippen LogP contribution in [0.15, 0.2) is 4.90 Å². The SMILES string of the molecule is CCCSc1c(C)c(C)c(C)[c-]1C.[Na+].